The Labute approximate surface area is 124 Å². The largest absolute Gasteiger partial charge is 0.373 e. The van der Waals surface area contributed by atoms with Gasteiger partial charge in [-0.05, 0) is 27.8 Å². The molecule has 0 aliphatic carbocycles. The molecule has 4 nitrogen and oxygen atoms in total. The third-order valence-corrected chi connectivity index (χ3v) is 3.75. The summed E-state index contributed by atoms with van der Waals surface area (Å²) in [4.78, 5) is 9.26. The van der Waals surface area contributed by atoms with E-state index in [4.69, 9.17) is 4.74 Å². The molecule has 0 radical (unpaired) electrons. The van der Waals surface area contributed by atoms with Gasteiger partial charge in [0, 0.05) is 14.2 Å². The number of nitrogens with zero attached hydrogens (tertiary/aromatic N) is 2. The van der Waals surface area contributed by atoms with Gasteiger partial charge in [-0.15, -0.1) is 0 Å². The minimum atomic E-state index is -0.122. The smallest absolute Gasteiger partial charge is 0.160 e. The Bertz CT molecular complexity index is 429. The van der Waals surface area contributed by atoms with Crippen LogP contribution in [0.25, 0.3) is 0 Å². The van der Waals surface area contributed by atoms with Gasteiger partial charge in [0.1, 0.15) is 11.9 Å². The van der Waals surface area contributed by atoms with Gasteiger partial charge < -0.3 is 10.1 Å². The number of methoxy groups -OCH3 is 1. The van der Waals surface area contributed by atoms with Crippen molar-refractivity contribution < 1.29 is 4.74 Å². The Kier molecular flexibility index (Phi) is 5.74. The van der Waals surface area contributed by atoms with Crippen LogP contribution in [0.15, 0.2) is 4.47 Å². The summed E-state index contributed by atoms with van der Waals surface area (Å²) in [7, 11) is 3.57. The molecular weight excluding hydrogens is 306 g/mol. The molecule has 0 saturated heterocycles. The molecule has 1 aromatic rings. The van der Waals surface area contributed by atoms with Crippen molar-refractivity contribution in [2.45, 2.75) is 46.6 Å². The van der Waals surface area contributed by atoms with Crippen LogP contribution >= 0.6 is 15.9 Å². The minimum Gasteiger partial charge on any atom is -0.373 e. The quantitative estimate of drug-likeness (QED) is 0.887. The van der Waals surface area contributed by atoms with Gasteiger partial charge in [0.25, 0.3) is 0 Å². The molecule has 0 saturated carbocycles. The predicted molar refractivity (Wildman–Crippen MR) is 82.5 cm³/mol. The number of rotatable bonds is 5. The summed E-state index contributed by atoms with van der Waals surface area (Å²) in [5, 5.41) is 3.11. The summed E-state index contributed by atoms with van der Waals surface area (Å²) in [6, 6.07) is 0. The normalized spacial score (nSPS) is 13.4. The van der Waals surface area contributed by atoms with Crippen LogP contribution < -0.4 is 5.32 Å². The second-order valence-electron chi connectivity index (χ2n) is 5.67. The highest BCUT2D eigenvalue weighted by Crippen LogP contribution is 2.35. The van der Waals surface area contributed by atoms with Crippen LogP contribution in [0.5, 0.6) is 0 Å². The maximum Gasteiger partial charge on any atom is 0.160 e. The topological polar surface area (TPSA) is 47.0 Å². The molecule has 1 unspecified atom stereocenters. The zero-order valence-corrected chi connectivity index (χ0v) is 14.3. The summed E-state index contributed by atoms with van der Waals surface area (Å²) in [6.07, 6.45) is 1.85. The lowest BCUT2D eigenvalue weighted by molar-refractivity contribution is 0.00858. The van der Waals surface area contributed by atoms with Gasteiger partial charge in [0.2, 0.25) is 0 Å². The first-order chi connectivity index (χ1) is 8.85. The Hall–Kier alpha value is -0.680. The Balaban J connectivity index is 3.31. The zero-order valence-electron chi connectivity index (χ0n) is 12.7. The number of aromatic nitrogens is 2. The Morgan fingerprint density at radius 2 is 1.95 bits per heavy atom. The number of nitrogens with one attached hydrogen (secondary N) is 1. The highest BCUT2D eigenvalue weighted by molar-refractivity contribution is 9.10. The van der Waals surface area contributed by atoms with Crippen molar-refractivity contribution in [1.29, 1.82) is 0 Å². The molecule has 1 atom stereocenters. The highest BCUT2D eigenvalue weighted by Gasteiger charge is 2.30. The van der Waals surface area contributed by atoms with Gasteiger partial charge in [-0.2, -0.15) is 0 Å². The maximum absolute atomic E-state index is 5.61. The Morgan fingerprint density at radius 3 is 2.37 bits per heavy atom. The predicted octanol–water partition coefficient (Wildman–Crippen LogP) is 3.97. The number of hydrogen-bond donors (Lipinski definition) is 1. The van der Waals surface area contributed by atoms with E-state index in [1.807, 2.05) is 7.05 Å². The molecule has 0 aliphatic heterocycles. The molecule has 19 heavy (non-hydrogen) atoms. The minimum absolute atomic E-state index is 0.0446. The molecule has 0 aromatic carbocycles. The van der Waals surface area contributed by atoms with Crippen molar-refractivity contribution in [2.24, 2.45) is 5.41 Å². The summed E-state index contributed by atoms with van der Waals surface area (Å²) < 4.78 is 6.55. The summed E-state index contributed by atoms with van der Waals surface area (Å²) in [6.45, 7) is 8.53. The van der Waals surface area contributed by atoms with E-state index in [9.17, 15) is 0 Å². The van der Waals surface area contributed by atoms with Gasteiger partial charge in [-0.25, -0.2) is 9.97 Å². The fraction of sp³-hybridized carbons (Fsp3) is 0.714. The molecule has 0 aliphatic rings. The van der Waals surface area contributed by atoms with E-state index in [0.29, 0.717) is 0 Å². The number of halogens is 1. The van der Waals surface area contributed by atoms with Gasteiger partial charge in [-0.3, -0.25) is 0 Å². The van der Waals surface area contributed by atoms with E-state index in [0.717, 1.165) is 34.7 Å². The van der Waals surface area contributed by atoms with Crippen molar-refractivity contribution in [3.8, 4) is 0 Å². The average Bonchev–Trinajstić information content (AvgIpc) is 2.32. The van der Waals surface area contributed by atoms with E-state index in [-0.39, 0.29) is 11.5 Å². The van der Waals surface area contributed by atoms with Gasteiger partial charge in [0.15, 0.2) is 5.82 Å². The van der Waals surface area contributed by atoms with Crippen LogP contribution in [-0.4, -0.2) is 24.1 Å². The third kappa shape index (κ3) is 3.89. The third-order valence-electron chi connectivity index (χ3n) is 2.92. The first-order valence-corrected chi connectivity index (χ1v) is 7.41. The molecule has 0 fully saturated rings. The van der Waals surface area contributed by atoms with E-state index < -0.39 is 0 Å². The molecule has 0 spiro atoms. The van der Waals surface area contributed by atoms with E-state index in [2.05, 4.69) is 58.9 Å². The van der Waals surface area contributed by atoms with Crippen molar-refractivity contribution in [1.82, 2.24) is 9.97 Å². The fourth-order valence-corrected chi connectivity index (χ4v) is 2.62. The Morgan fingerprint density at radius 1 is 1.32 bits per heavy atom. The summed E-state index contributed by atoms with van der Waals surface area (Å²) >= 11 is 3.57. The van der Waals surface area contributed by atoms with Crippen molar-refractivity contribution in [3.63, 3.8) is 0 Å². The van der Waals surface area contributed by atoms with Gasteiger partial charge in [-0.1, -0.05) is 34.1 Å². The molecule has 1 heterocycles. The number of aryl methyl sites for hydroxylation is 1. The molecular formula is C14H24BrN3O. The lowest BCUT2D eigenvalue weighted by atomic mass is 9.88. The monoisotopic (exact) mass is 329 g/mol. The van der Waals surface area contributed by atoms with Crippen LogP contribution in [0.3, 0.4) is 0 Å². The number of ether oxygens (including phenoxy) is 1. The second kappa shape index (κ2) is 6.66. The first-order valence-electron chi connectivity index (χ1n) is 6.62. The SMILES string of the molecule is CCCc1nc(C(OC)C(C)(C)C)nc(NC)c1Br. The van der Waals surface area contributed by atoms with E-state index >= 15 is 0 Å². The molecule has 0 amide bonds. The molecule has 1 rings (SSSR count). The number of hydrogen-bond acceptors (Lipinski definition) is 4. The number of anilines is 1. The summed E-state index contributed by atoms with van der Waals surface area (Å²) in [5.74, 6) is 1.56. The highest BCUT2D eigenvalue weighted by atomic mass is 79.9. The van der Waals surface area contributed by atoms with Gasteiger partial charge in [0.05, 0.1) is 10.2 Å². The van der Waals surface area contributed by atoms with Crippen molar-refractivity contribution in [3.05, 3.63) is 16.0 Å². The van der Waals surface area contributed by atoms with Crippen molar-refractivity contribution >= 4 is 21.7 Å². The van der Waals surface area contributed by atoms with Crippen LogP contribution in [0.1, 0.15) is 51.7 Å². The summed E-state index contributed by atoms with van der Waals surface area (Å²) in [5.41, 5.74) is 0.986. The molecule has 1 aromatic heterocycles. The van der Waals surface area contributed by atoms with Crippen molar-refractivity contribution in [2.75, 3.05) is 19.5 Å². The molecule has 0 bridgehead atoms. The standard InChI is InChI=1S/C14H24BrN3O/c1-7-8-9-10(15)12(16-5)18-13(17-9)11(19-6)14(2,3)4/h11H,7-8H2,1-6H3,(H,16,17,18). The lowest BCUT2D eigenvalue weighted by Gasteiger charge is -2.28. The average molecular weight is 330 g/mol. The van der Waals surface area contributed by atoms with Gasteiger partial charge >= 0.3 is 0 Å². The lowest BCUT2D eigenvalue weighted by Crippen LogP contribution is -2.23. The first kappa shape index (κ1) is 16.4. The van der Waals surface area contributed by atoms with Crippen LogP contribution in [0, 0.1) is 5.41 Å². The fourth-order valence-electron chi connectivity index (χ4n) is 2.04. The maximum atomic E-state index is 5.61. The van der Waals surface area contributed by atoms with E-state index in [1.54, 1.807) is 7.11 Å². The van der Waals surface area contributed by atoms with E-state index in [1.165, 1.54) is 0 Å². The van der Waals surface area contributed by atoms with Crippen LogP contribution in [0.2, 0.25) is 0 Å². The van der Waals surface area contributed by atoms with Crippen LogP contribution in [-0.2, 0) is 11.2 Å². The molecule has 108 valence electrons. The molecule has 1 N–H and O–H groups in total. The second-order valence-corrected chi connectivity index (χ2v) is 6.47. The molecule has 5 heteroatoms. The zero-order chi connectivity index (χ0) is 14.6. The van der Waals surface area contributed by atoms with Crippen LogP contribution in [0.4, 0.5) is 5.82 Å².